The van der Waals surface area contributed by atoms with Crippen molar-refractivity contribution in [3.63, 3.8) is 0 Å². The first-order valence-corrected chi connectivity index (χ1v) is 7.50. The number of amides is 1. The topological polar surface area (TPSA) is 138 Å². The smallest absolute Gasteiger partial charge is 0.356 e. The van der Waals surface area contributed by atoms with Gasteiger partial charge in [-0.15, -0.1) is 0 Å². The molecule has 2 aromatic carbocycles. The van der Waals surface area contributed by atoms with Crippen LogP contribution in [0.15, 0.2) is 48.5 Å². The zero-order chi connectivity index (χ0) is 19.6. The second-order valence-electron chi connectivity index (χ2n) is 5.40. The number of anilines is 1. The van der Waals surface area contributed by atoms with E-state index in [0.29, 0.717) is 5.56 Å². The van der Waals surface area contributed by atoms with E-state index in [-0.39, 0.29) is 28.3 Å². The van der Waals surface area contributed by atoms with Crippen LogP contribution in [-0.4, -0.2) is 32.1 Å². The molecule has 1 aromatic heterocycles. The lowest BCUT2D eigenvalue weighted by molar-refractivity contribution is -0.384. The minimum absolute atomic E-state index is 0.0354. The minimum atomic E-state index is -1.37. The van der Waals surface area contributed by atoms with E-state index in [9.17, 15) is 29.2 Å². The Bertz CT molecular complexity index is 1050. The van der Waals surface area contributed by atoms with Crippen LogP contribution >= 0.6 is 0 Å². The van der Waals surface area contributed by atoms with E-state index >= 15 is 0 Å². The highest BCUT2D eigenvalue weighted by atomic mass is 19.1. The lowest BCUT2D eigenvalue weighted by Crippen LogP contribution is -2.15. The summed E-state index contributed by atoms with van der Waals surface area (Å²) >= 11 is 0. The van der Waals surface area contributed by atoms with Gasteiger partial charge in [-0.1, -0.05) is 6.07 Å². The van der Waals surface area contributed by atoms with Crippen molar-refractivity contribution in [2.45, 2.75) is 0 Å². The van der Waals surface area contributed by atoms with Gasteiger partial charge in [-0.25, -0.2) is 9.18 Å². The standard InChI is InChI=1S/C17H11FN4O5/c18-11-6-4-9(5-7-11)13-14(15(17(24)25)21-20-13)19-16(23)10-2-1-3-12(8-10)22(26)27/h1-8H,(H,19,23)(H,20,21)(H,24,25). The third kappa shape index (κ3) is 3.63. The molecule has 10 heteroatoms. The number of nitro benzene ring substituents is 1. The van der Waals surface area contributed by atoms with Crippen LogP contribution in [0.5, 0.6) is 0 Å². The molecule has 0 atom stereocenters. The van der Waals surface area contributed by atoms with Crippen molar-refractivity contribution in [2.24, 2.45) is 0 Å². The molecule has 3 aromatic rings. The van der Waals surface area contributed by atoms with Crippen LogP contribution < -0.4 is 5.32 Å². The number of carboxylic acid groups (broad SMARTS) is 1. The highest BCUT2D eigenvalue weighted by molar-refractivity contribution is 6.09. The van der Waals surface area contributed by atoms with Gasteiger partial charge in [0.15, 0.2) is 5.69 Å². The van der Waals surface area contributed by atoms with Crippen LogP contribution in [0, 0.1) is 15.9 Å². The second-order valence-corrected chi connectivity index (χ2v) is 5.40. The van der Waals surface area contributed by atoms with Gasteiger partial charge in [0.1, 0.15) is 17.2 Å². The molecule has 0 unspecified atom stereocenters. The van der Waals surface area contributed by atoms with Gasteiger partial charge in [-0.3, -0.25) is 20.0 Å². The van der Waals surface area contributed by atoms with Crippen LogP contribution in [0.2, 0.25) is 0 Å². The van der Waals surface area contributed by atoms with Crippen LogP contribution in [-0.2, 0) is 0 Å². The van der Waals surface area contributed by atoms with E-state index in [4.69, 9.17) is 0 Å². The summed E-state index contributed by atoms with van der Waals surface area (Å²) in [5, 5.41) is 28.7. The van der Waals surface area contributed by atoms with E-state index in [2.05, 4.69) is 15.5 Å². The number of aromatic amines is 1. The maximum atomic E-state index is 13.1. The number of aromatic carboxylic acids is 1. The van der Waals surface area contributed by atoms with E-state index in [1.807, 2.05) is 0 Å². The average molecular weight is 370 g/mol. The summed E-state index contributed by atoms with van der Waals surface area (Å²) in [5.74, 6) is -2.62. The molecule has 0 fully saturated rings. The lowest BCUT2D eigenvalue weighted by atomic mass is 10.1. The monoisotopic (exact) mass is 370 g/mol. The number of aromatic nitrogens is 2. The van der Waals surface area contributed by atoms with E-state index in [1.54, 1.807) is 0 Å². The number of carbonyl (C=O) groups excluding carboxylic acids is 1. The summed E-state index contributed by atoms with van der Waals surface area (Å²) in [6, 6.07) is 10.0. The zero-order valence-corrected chi connectivity index (χ0v) is 13.5. The second kappa shape index (κ2) is 7.04. The van der Waals surface area contributed by atoms with Crippen molar-refractivity contribution in [3.05, 3.63) is 75.7 Å². The number of nitrogens with one attached hydrogen (secondary N) is 2. The molecule has 3 rings (SSSR count). The number of nitro groups is 1. The van der Waals surface area contributed by atoms with Gasteiger partial charge in [0, 0.05) is 23.3 Å². The Kier molecular flexibility index (Phi) is 4.62. The fraction of sp³-hybridized carbons (Fsp3) is 0. The highest BCUT2D eigenvalue weighted by Crippen LogP contribution is 2.29. The number of rotatable bonds is 5. The number of carbonyl (C=O) groups is 2. The predicted octanol–water partition coefficient (Wildman–Crippen LogP) is 3.07. The molecule has 3 N–H and O–H groups in total. The number of nitrogens with zero attached hydrogens (tertiary/aromatic N) is 2. The van der Waals surface area contributed by atoms with Crippen LogP contribution in [0.25, 0.3) is 11.3 Å². The number of H-pyrrole nitrogens is 1. The summed E-state index contributed by atoms with van der Waals surface area (Å²) in [6.45, 7) is 0. The predicted molar refractivity (Wildman–Crippen MR) is 92.0 cm³/mol. The molecule has 0 spiro atoms. The summed E-state index contributed by atoms with van der Waals surface area (Å²) in [6.07, 6.45) is 0. The molecule has 136 valence electrons. The Hall–Kier alpha value is -4.08. The van der Waals surface area contributed by atoms with Gasteiger partial charge >= 0.3 is 5.97 Å². The van der Waals surface area contributed by atoms with Crippen LogP contribution in [0.3, 0.4) is 0 Å². The van der Waals surface area contributed by atoms with Gasteiger partial charge < -0.3 is 10.4 Å². The fourth-order valence-corrected chi connectivity index (χ4v) is 2.38. The number of non-ortho nitro benzene ring substituents is 1. The van der Waals surface area contributed by atoms with Crippen molar-refractivity contribution in [3.8, 4) is 11.3 Å². The van der Waals surface area contributed by atoms with Gasteiger partial charge in [0.25, 0.3) is 11.6 Å². The first-order chi connectivity index (χ1) is 12.9. The molecular formula is C17H11FN4O5. The Morgan fingerprint density at radius 3 is 2.52 bits per heavy atom. The molecule has 0 saturated heterocycles. The number of carboxylic acids is 1. The lowest BCUT2D eigenvalue weighted by Gasteiger charge is -2.07. The summed E-state index contributed by atoms with van der Waals surface area (Å²) in [5.41, 5.74) is -0.377. The van der Waals surface area contributed by atoms with Crippen molar-refractivity contribution in [1.82, 2.24) is 10.2 Å². The molecule has 27 heavy (non-hydrogen) atoms. The Labute approximate surface area is 150 Å². The first kappa shape index (κ1) is 17.7. The molecule has 0 aliphatic heterocycles. The Morgan fingerprint density at radius 2 is 1.89 bits per heavy atom. The highest BCUT2D eigenvalue weighted by Gasteiger charge is 2.23. The average Bonchev–Trinajstić information content (AvgIpc) is 3.06. The maximum Gasteiger partial charge on any atom is 0.356 e. The zero-order valence-electron chi connectivity index (χ0n) is 13.5. The molecule has 1 heterocycles. The molecule has 0 bridgehead atoms. The fourth-order valence-electron chi connectivity index (χ4n) is 2.38. The third-order valence-corrected chi connectivity index (χ3v) is 3.66. The minimum Gasteiger partial charge on any atom is -0.476 e. The molecule has 0 radical (unpaired) electrons. The van der Waals surface area contributed by atoms with Crippen LogP contribution in [0.4, 0.5) is 15.8 Å². The van der Waals surface area contributed by atoms with Crippen molar-refractivity contribution < 1.29 is 24.0 Å². The number of halogens is 1. The van der Waals surface area contributed by atoms with Crippen molar-refractivity contribution in [1.29, 1.82) is 0 Å². The largest absolute Gasteiger partial charge is 0.476 e. The third-order valence-electron chi connectivity index (χ3n) is 3.66. The van der Waals surface area contributed by atoms with Gasteiger partial charge in [0.2, 0.25) is 0 Å². The van der Waals surface area contributed by atoms with E-state index in [0.717, 1.165) is 18.2 Å². The quantitative estimate of drug-likeness (QED) is 0.466. The Morgan fingerprint density at radius 1 is 1.19 bits per heavy atom. The van der Waals surface area contributed by atoms with Crippen molar-refractivity contribution >= 4 is 23.3 Å². The van der Waals surface area contributed by atoms with Gasteiger partial charge in [0.05, 0.1) is 4.92 Å². The normalized spacial score (nSPS) is 10.4. The van der Waals surface area contributed by atoms with Crippen molar-refractivity contribution in [2.75, 3.05) is 5.32 Å². The summed E-state index contributed by atoms with van der Waals surface area (Å²) in [4.78, 5) is 34.1. The molecule has 0 aliphatic rings. The van der Waals surface area contributed by atoms with Crippen LogP contribution in [0.1, 0.15) is 20.8 Å². The molecular weight excluding hydrogens is 359 g/mol. The molecule has 9 nitrogen and oxygen atoms in total. The van der Waals surface area contributed by atoms with Gasteiger partial charge in [-0.2, -0.15) is 5.10 Å². The molecule has 1 amide bonds. The maximum absolute atomic E-state index is 13.1. The molecule has 0 aliphatic carbocycles. The SMILES string of the molecule is O=C(Nc1c(-c2ccc(F)cc2)n[nH]c1C(=O)O)c1cccc([N+](=O)[O-])c1. The van der Waals surface area contributed by atoms with Gasteiger partial charge in [-0.05, 0) is 30.3 Å². The Balaban J connectivity index is 2.00. The number of hydrogen-bond donors (Lipinski definition) is 3. The molecule has 0 saturated carbocycles. The summed E-state index contributed by atoms with van der Waals surface area (Å²) in [7, 11) is 0. The summed E-state index contributed by atoms with van der Waals surface area (Å²) < 4.78 is 13.1. The number of hydrogen-bond acceptors (Lipinski definition) is 5. The first-order valence-electron chi connectivity index (χ1n) is 7.50. The van der Waals surface area contributed by atoms with E-state index in [1.165, 1.54) is 30.3 Å². The van der Waals surface area contributed by atoms with E-state index < -0.39 is 22.6 Å². The number of benzene rings is 2.